The van der Waals surface area contributed by atoms with Crippen LogP contribution in [0.15, 0.2) is 42.5 Å². The van der Waals surface area contributed by atoms with Gasteiger partial charge in [-0.3, -0.25) is 9.59 Å². The zero-order chi connectivity index (χ0) is 18.1. The average molecular weight is 361 g/mol. The molecule has 0 aliphatic carbocycles. The minimum Gasteiger partial charge on any atom is -0.325 e. The Hall–Kier alpha value is -2.40. The van der Waals surface area contributed by atoms with Crippen molar-refractivity contribution in [2.24, 2.45) is 0 Å². The van der Waals surface area contributed by atoms with Crippen LogP contribution >= 0.6 is 11.6 Å². The largest absolute Gasteiger partial charge is 0.325 e. The van der Waals surface area contributed by atoms with Crippen LogP contribution in [0.25, 0.3) is 0 Å². The van der Waals surface area contributed by atoms with E-state index >= 15 is 0 Å². The summed E-state index contributed by atoms with van der Waals surface area (Å²) in [6.45, 7) is 4.25. The molecule has 0 radical (unpaired) electrons. The molecular weight excluding hydrogens is 343 g/mol. The number of rotatable bonds is 2. The molecular formula is C19H18ClFN2O2. The summed E-state index contributed by atoms with van der Waals surface area (Å²) in [4.78, 5) is 28.4. The quantitative estimate of drug-likeness (QED) is 0.820. The van der Waals surface area contributed by atoms with Crippen molar-refractivity contribution in [2.45, 2.75) is 19.9 Å². The summed E-state index contributed by atoms with van der Waals surface area (Å²) in [5.41, 5.74) is 2.21. The lowest BCUT2D eigenvalue weighted by atomic mass is 10.1. The monoisotopic (exact) mass is 360 g/mol. The first-order chi connectivity index (χ1) is 11.9. The summed E-state index contributed by atoms with van der Waals surface area (Å²) in [5.74, 6) is -1.05. The van der Waals surface area contributed by atoms with Gasteiger partial charge in [-0.05, 0) is 44.2 Å². The molecule has 2 amide bonds. The van der Waals surface area contributed by atoms with Gasteiger partial charge in [-0.15, -0.1) is 0 Å². The number of carbonyl (C=O) groups excluding carboxylic acids is 2. The van der Waals surface area contributed by atoms with E-state index in [-0.39, 0.29) is 35.0 Å². The Balaban J connectivity index is 1.79. The lowest BCUT2D eigenvalue weighted by Crippen LogP contribution is -2.57. The summed E-state index contributed by atoms with van der Waals surface area (Å²) >= 11 is 5.76. The Bertz CT molecular complexity index is 823. The summed E-state index contributed by atoms with van der Waals surface area (Å²) in [5, 5.41) is -0.108. The molecule has 0 saturated carbocycles. The maximum absolute atomic E-state index is 13.3. The number of amides is 2. The summed E-state index contributed by atoms with van der Waals surface area (Å²) in [6.07, 6.45) is 0. The van der Waals surface area contributed by atoms with Gasteiger partial charge in [-0.2, -0.15) is 0 Å². The third kappa shape index (κ3) is 3.51. The van der Waals surface area contributed by atoms with Crippen LogP contribution in [0, 0.1) is 12.7 Å². The van der Waals surface area contributed by atoms with Crippen LogP contribution in [-0.2, 0) is 4.79 Å². The van der Waals surface area contributed by atoms with E-state index in [2.05, 4.69) is 0 Å². The van der Waals surface area contributed by atoms with Crippen molar-refractivity contribution in [2.75, 3.05) is 18.0 Å². The van der Waals surface area contributed by atoms with Crippen molar-refractivity contribution in [1.82, 2.24) is 4.90 Å². The van der Waals surface area contributed by atoms with Gasteiger partial charge in [0.2, 0.25) is 5.91 Å². The third-order valence-corrected chi connectivity index (χ3v) is 4.65. The first-order valence-corrected chi connectivity index (χ1v) is 8.37. The van der Waals surface area contributed by atoms with Gasteiger partial charge >= 0.3 is 0 Å². The average Bonchev–Trinajstić information content (AvgIpc) is 2.59. The van der Waals surface area contributed by atoms with Crippen molar-refractivity contribution in [1.29, 1.82) is 0 Å². The topological polar surface area (TPSA) is 40.6 Å². The second kappa shape index (κ2) is 6.84. The van der Waals surface area contributed by atoms with E-state index in [9.17, 15) is 14.0 Å². The lowest BCUT2D eigenvalue weighted by molar-refractivity contribution is -0.121. The molecule has 1 atom stereocenters. The number of nitrogens with zero attached hydrogens (tertiary/aromatic N) is 2. The fraction of sp³-hybridized carbons (Fsp3) is 0.263. The number of halogens is 2. The highest BCUT2D eigenvalue weighted by Crippen LogP contribution is 2.23. The lowest BCUT2D eigenvalue weighted by Gasteiger charge is -2.39. The van der Waals surface area contributed by atoms with Crippen molar-refractivity contribution in [3.05, 3.63) is 64.4 Å². The van der Waals surface area contributed by atoms with E-state index in [0.717, 1.165) is 17.3 Å². The zero-order valence-corrected chi connectivity index (χ0v) is 14.8. The van der Waals surface area contributed by atoms with Crippen LogP contribution in [0.5, 0.6) is 0 Å². The summed E-state index contributed by atoms with van der Waals surface area (Å²) < 4.78 is 13.3. The SMILES string of the molecule is Cc1ccc(N2C[C@H](C)N(C(=O)c3ccc(F)c(Cl)c3)CC2=O)cc1. The molecule has 0 aromatic heterocycles. The van der Waals surface area contributed by atoms with E-state index in [1.54, 1.807) is 4.90 Å². The van der Waals surface area contributed by atoms with E-state index in [4.69, 9.17) is 11.6 Å². The van der Waals surface area contributed by atoms with Gasteiger partial charge in [-0.25, -0.2) is 4.39 Å². The Morgan fingerprint density at radius 1 is 1.20 bits per heavy atom. The molecule has 2 aromatic carbocycles. The van der Waals surface area contributed by atoms with E-state index in [0.29, 0.717) is 6.54 Å². The first kappa shape index (κ1) is 17.4. The van der Waals surface area contributed by atoms with Crippen molar-refractivity contribution in [3.8, 4) is 0 Å². The maximum atomic E-state index is 13.3. The maximum Gasteiger partial charge on any atom is 0.254 e. The normalized spacial score (nSPS) is 17.8. The number of hydrogen-bond acceptors (Lipinski definition) is 2. The molecule has 4 nitrogen and oxygen atoms in total. The molecule has 3 rings (SSSR count). The Kier molecular flexibility index (Phi) is 4.77. The number of anilines is 1. The van der Waals surface area contributed by atoms with Crippen molar-refractivity contribution in [3.63, 3.8) is 0 Å². The number of carbonyl (C=O) groups is 2. The fourth-order valence-corrected chi connectivity index (χ4v) is 3.07. The van der Waals surface area contributed by atoms with Crippen LogP contribution in [0.1, 0.15) is 22.8 Å². The minimum absolute atomic E-state index is 0.0249. The molecule has 0 unspecified atom stereocenters. The third-order valence-electron chi connectivity index (χ3n) is 4.36. The zero-order valence-electron chi connectivity index (χ0n) is 14.0. The minimum atomic E-state index is -0.577. The van der Waals surface area contributed by atoms with Crippen LogP contribution in [0.3, 0.4) is 0 Å². The van der Waals surface area contributed by atoms with Crippen molar-refractivity contribution >= 4 is 29.1 Å². The first-order valence-electron chi connectivity index (χ1n) is 8.00. The predicted molar refractivity (Wildman–Crippen MR) is 95.4 cm³/mol. The molecule has 0 bridgehead atoms. The summed E-state index contributed by atoms with van der Waals surface area (Å²) in [6, 6.07) is 11.4. The Morgan fingerprint density at radius 3 is 2.52 bits per heavy atom. The number of hydrogen-bond donors (Lipinski definition) is 0. The Labute approximate surface area is 150 Å². The predicted octanol–water partition coefficient (Wildman–Crippen LogP) is 3.67. The molecule has 1 saturated heterocycles. The van der Waals surface area contributed by atoms with Gasteiger partial charge in [0.25, 0.3) is 5.91 Å². The molecule has 1 aliphatic heterocycles. The van der Waals surface area contributed by atoms with E-state index in [1.165, 1.54) is 17.0 Å². The summed E-state index contributed by atoms with van der Waals surface area (Å²) in [7, 11) is 0. The molecule has 0 spiro atoms. The molecule has 2 aromatic rings. The molecule has 6 heteroatoms. The van der Waals surface area contributed by atoms with Crippen molar-refractivity contribution < 1.29 is 14.0 Å². The van der Waals surface area contributed by atoms with Gasteiger partial charge in [0.15, 0.2) is 0 Å². The second-order valence-corrected chi connectivity index (χ2v) is 6.66. The smallest absolute Gasteiger partial charge is 0.254 e. The highest BCUT2D eigenvalue weighted by Gasteiger charge is 2.33. The van der Waals surface area contributed by atoms with E-state index < -0.39 is 5.82 Å². The van der Waals surface area contributed by atoms with Gasteiger partial charge in [0.05, 0.1) is 5.02 Å². The van der Waals surface area contributed by atoms with Crippen LogP contribution < -0.4 is 4.90 Å². The highest BCUT2D eigenvalue weighted by atomic mass is 35.5. The molecule has 0 N–H and O–H groups in total. The van der Waals surface area contributed by atoms with Gasteiger partial charge in [0.1, 0.15) is 12.4 Å². The van der Waals surface area contributed by atoms with Crippen LogP contribution in [0.4, 0.5) is 10.1 Å². The highest BCUT2D eigenvalue weighted by molar-refractivity contribution is 6.31. The number of piperazine rings is 1. The second-order valence-electron chi connectivity index (χ2n) is 6.25. The Morgan fingerprint density at radius 2 is 1.88 bits per heavy atom. The fourth-order valence-electron chi connectivity index (χ4n) is 2.89. The van der Waals surface area contributed by atoms with Crippen LogP contribution in [-0.4, -0.2) is 35.8 Å². The molecule has 1 fully saturated rings. The standard InChI is InChI=1S/C19H18ClFN2O2/c1-12-3-6-15(7-4-12)23-10-13(2)22(11-18(23)24)19(25)14-5-8-17(21)16(20)9-14/h3-9,13H,10-11H2,1-2H3/t13-/m0/s1. The van der Waals surface area contributed by atoms with Gasteiger partial charge in [0, 0.05) is 23.8 Å². The molecule has 1 aliphatic rings. The van der Waals surface area contributed by atoms with E-state index in [1.807, 2.05) is 38.1 Å². The number of aryl methyl sites for hydroxylation is 1. The van der Waals surface area contributed by atoms with Gasteiger partial charge < -0.3 is 9.80 Å². The van der Waals surface area contributed by atoms with Gasteiger partial charge in [-0.1, -0.05) is 29.3 Å². The molecule has 25 heavy (non-hydrogen) atoms. The van der Waals surface area contributed by atoms with Crippen LogP contribution in [0.2, 0.25) is 5.02 Å². The molecule has 130 valence electrons. The number of benzene rings is 2. The molecule has 1 heterocycles.